The number of hydrogen-bond donors (Lipinski definition) is 3. The summed E-state index contributed by atoms with van der Waals surface area (Å²) in [5, 5.41) is 21.8. The Bertz CT molecular complexity index is 2580. The Balaban J connectivity index is 1.23. The van der Waals surface area contributed by atoms with Crippen LogP contribution in [0.15, 0.2) is 113 Å². The number of nitrogens with zero attached hydrogens (tertiary/aromatic N) is 3. The number of aliphatic hydroxyl groups is 1. The first-order valence-electron chi connectivity index (χ1n) is 19.8. The van der Waals surface area contributed by atoms with Crippen LogP contribution in [0, 0.1) is 16.0 Å². The lowest BCUT2D eigenvalue weighted by molar-refractivity contribution is -0.384. The number of amides is 1. The third-order valence-corrected chi connectivity index (χ3v) is 13.3. The number of unbranched alkanes of at least 4 members (excludes halogenated alkanes) is 2. The predicted molar refractivity (Wildman–Crippen MR) is 227 cm³/mol. The minimum Gasteiger partial charge on any atom is -0.370 e. The molecule has 0 bridgehead atoms. The summed E-state index contributed by atoms with van der Waals surface area (Å²) in [5.41, 5.74) is 4.20. The van der Waals surface area contributed by atoms with E-state index >= 15 is 0 Å². The zero-order chi connectivity index (χ0) is 44.5. The van der Waals surface area contributed by atoms with Crippen LogP contribution in [0.5, 0.6) is 0 Å². The molecule has 61 heavy (non-hydrogen) atoms. The molecule has 0 aromatic heterocycles. The first-order chi connectivity index (χ1) is 28.6. The maximum absolute atomic E-state index is 12.4. The topological polar surface area (TPSA) is 222 Å². The third-order valence-electron chi connectivity index (χ3n) is 11.6. The molecule has 1 aliphatic carbocycles. The summed E-state index contributed by atoms with van der Waals surface area (Å²) >= 11 is 0. The van der Waals surface area contributed by atoms with Crippen LogP contribution in [0.2, 0.25) is 0 Å². The SMILES string of the molecule is CC1(C)\C(=C/C=C/C=C/C2C=C(Cc3ccc([N+](=O)[O-])cc3)c3ccc(S(=O)(=O)O)cc3C2(C)C)N(CCCCCC(=O)ON2C(=O)CCC2O)c2ccc(S(=O)(=O)O)cc21. The molecule has 3 N–H and O–H groups in total. The predicted octanol–water partition coefficient (Wildman–Crippen LogP) is 7.38. The van der Waals surface area contributed by atoms with E-state index in [1.165, 1.54) is 36.4 Å². The largest absolute Gasteiger partial charge is 0.370 e. The molecular formula is C44H49N3O12S2. The van der Waals surface area contributed by atoms with Crippen molar-refractivity contribution in [3.8, 4) is 0 Å². The molecule has 2 atom stereocenters. The zero-order valence-electron chi connectivity index (χ0n) is 34.2. The Morgan fingerprint density at radius 2 is 1.56 bits per heavy atom. The highest BCUT2D eigenvalue weighted by Gasteiger charge is 2.41. The Hall–Kier alpha value is -5.46. The molecule has 17 heteroatoms. The van der Waals surface area contributed by atoms with Crippen LogP contribution in [0.25, 0.3) is 5.57 Å². The molecule has 0 spiro atoms. The molecule has 1 amide bonds. The number of fused-ring (bicyclic) bond motifs is 2. The van der Waals surface area contributed by atoms with E-state index in [0.29, 0.717) is 43.4 Å². The number of benzene rings is 3. The molecule has 3 aliphatic rings. The van der Waals surface area contributed by atoms with Gasteiger partial charge in [0, 0.05) is 66.1 Å². The number of nitro benzene ring substituents is 1. The van der Waals surface area contributed by atoms with Gasteiger partial charge in [0.15, 0.2) is 6.23 Å². The summed E-state index contributed by atoms with van der Waals surface area (Å²) in [7, 11) is -8.97. The van der Waals surface area contributed by atoms with E-state index in [1.54, 1.807) is 24.3 Å². The van der Waals surface area contributed by atoms with Crippen molar-refractivity contribution < 1.29 is 50.4 Å². The molecule has 6 rings (SSSR count). The Morgan fingerprint density at radius 3 is 2.18 bits per heavy atom. The highest BCUT2D eigenvalue weighted by Crippen LogP contribution is 2.49. The van der Waals surface area contributed by atoms with Crippen LogP contribution in [0.3, 0.4) is 0 Å². The lowest BCUT2D eigenvalue weighted by atomic mass is 9.66. The van der Waals surface area contributed by atoms with Crippen LogP contribution in [0.1, 0.15) is 88.5 Å². The number of hydrogen-bond acceptors (Lipinski definition) is 11. The molecule has 2 unspecified atom stereocenters. The van der Waals surface area contributed by atoms with Gasteiger partial charge in [-0.05, 0) is 83.5 Å². The van der Waals surface area contributed by atoms with Crippen molar-refractivity contribution in [3.63, 3.8) is 0 Å². The quantitative estimate of drug-likeness (QED) is 0.0447. The number of carbonyl (C=O) groups is 2. The van der Waals surface area contributed by atoms with Gasteiger partial charge in [0.1, 0.15) is 0 Å². The molecule has 3 aromatic carbocycles. The van der Waals surface area contributed by atoms with Crippen LogP contribution in [-0.2, 0) is 51.9 Å². The zero-order valence-corrected chi connectivity index (χ0v) is 35.9. The monoisotopic (exact) mass is 875 g/mol. The molecule has 1 saturated heterocycles. The van der Waals surface area contributed by atoms with Crippen LogP contribution < -0.4 is 4.90 Å². The second-order valence-electron chi connectivity index (χ2n) is 16.5. The normalized spacial score (nSPS) is 20.3. The van der Waals surface area contributed by atoms with Gasteiger partial charge in [-0.1, -0.05) is 82.7 Å². The van der Waals surface area contributed by atoms with Gasteiger partial charge in [0.05, 0.1) is 14.7 Å². The maximum Gasteiger partial charge on any atom is 0.332 e. The number of aliphatic hydroxyl groups excluding tert-OH is 1. The highest BCUT2D eigenvalue weighted by molar-refractivity contribution is 7.86. The summed E-state index contributed by atoms with van der Waals surface area (Å²) in [6.07, 6.45) is 13.0. The summed E-state index contributed by atoms with van der Waals surface area (Å²) < 4.78 is 68.4. The van der Waals surface area contributed by atoms with Gasteiger partial charge in [-0.25, -0.2) is 4.79 Å². The first-order valence-corrected chi connectivity index (χ1v) is 22.7. The highest BCUT2D eigenvalue weighted by atomic mass is 32.2. The number of non-ortho nitro benzene ring substituents is 1. The Morgan fingerprint density at radius 1 is 0.902 bits per heavy atom. The molecule has 324 valence electrons. The smallest absolute Gasteiger partial charge is 0.332 e. The Labute approximate surface area is 355 Å². The van der Waals surface area contributed by atoms with Crippen molar-refractivity contribution in [2.24, 2.45) is 5.92 Å². The second kappa shape index (κ2) is 17.5. The standard InChI is InChI=1S/C44H49N3O12S2/c1-43(2)31(26-30(25-29-14-16-32(17-15-29)47(51)52)35-20-18-33(27-36(35)43)60(53,54)55)11-7-5-8-12-39-44(3,4)37-28-34(61(56,57)58)19-21-38(37)45(39)24-10-6-9-13-42(50)59-46-40(48)22-23-41(46)49/h5,7-8,11-12,14-21,26-28,31,40,48H,6,9-10,13,22-25H2,1-4H3,(H,53,54,55)(H,56,57,58)/b8-5+,11-7+,39-12+. The fourth-order valence-electron chi connectivity index (χ4n) is 8.18. The average Bonchev–Trinajstić information content (AvgIpc) is 3.61. The number of carbonyl (C=O) groups excluding carboxylic acids is 2. The van der Waals surface area contributed by atoms with Gasteiger partial charge >= 0.3 is 5.97 Å². The third kappa shape index (κ3) is 9.86. The number of nitro groups is 1. The van der Waals surface area contributed by atoms with E-state index in [-0.39, 0.29) is 40.7 Å². The van der Waals surface area contributed by atoms with Crippen molar-refractivity contribution in [3.05, 3.63) is 135 Å². The van der Waals surface area contributed by atoms with Crippen molar-refractivity contribution in [1.29, 1.82) is 0 Å². The lowest BCUT2D eigenvalue weighted by Crippen LogP contribution is -2.35. The first kappa shape index (κ1) is 45.1. The average molecular weight is 876 g/mol. The van der Waals surface area contributed by atoms with Gasteiger partial charge in [-0.15, -0.1) is 5.06 Å². The van der Waals surface area contributed by atoms with Gasteiger partial charge in [-0.3, -0.25) is 24.0 Å². The van der Waals surface area contributed by atoms with Gasteiger partial charge in [0.25, 0.3) is 31.8 Å². The van der Waals surface area contributed by atoms with E-state index in [1.807, 2.05) is 58.1 Å². The number of allylic oxidation sites excluding steroid dienone is 8. The summed E-state index contributed by atoms with van der Waals surface area (Å²) in [6.45, 7) is 8.40. The molecule has 1 fully saturated rings. The van der Waals surface area contributed by atoms with E-state index in [4.69, 9.17) is 4.84 Å². The number of hydroxylamine groups is 2. The number of anilines is 1. The van der Waals surface area contributed by atoms with E-state index in [0.717, 1.165) is 33.1 Å². The minimum absolute atomic E-state index is 0.0331. The van der Waals surface area contributed by atoms with E-state index in [2.05, 4.69) is 11.0 Å². The molecule has 15 nitrogen and oxygen atoms in total. The van der Waals surface area contributed by atoms with Gasteiger partial charge in [0.2, 0.25) is 0 Å². The van der Waals surface area contributed by atoms with Crippen LogP contribution >= 0.6 is 0 Å². The summed E-state index contributed by atoms with van der Waals surface area (Å²) in [4.78, 5) is 41.7. The van der Waals surface area contributed by atoms with E-state index in [9.17, 15) is 50.8 Å². The summed E-state index contributed by atoms with van der Waals surface area (Å²) in [6, 6.07) is 15.3. The van der Waals surface area contributed by atoms with Gasteiger partial charge < -0.3 is 14.8 Å². The fraction of sp³-hybridized carbons (Fsp3) is 0.364. The second-order valence-corrected chi connectivity index (χ2v) is 19.3. The minimum atomic E-state index is -4.49. The summed E-state index contributed by atoms with van der Waals surface area (Å²) in [5.74, 6) is -1.30. The molecule has 0 saturated carbocycles. The lowest BCUT2D eigenvalue weighted by Gasteiger charge is -2.38. The molecule has 2 aliphatic heterocycles. The number of rotatable bonds is 15. The molecule has 2 heterocycles. The van der Waals surface area contributed by atoms with Gasteiger partial charge in [-0.2, -0.15) is 16.8 Å². The van der Waals surface area contributed by atoms with Crippen molar-refractivity contribution in [2.45, 2.75) is 99.5 Å². The molecule has 0 radical (unpaired) electrons. The van der Waals surface area contributed by atoms with Crippen LogP contribution in [-0.4, -0.2) is 65.7 Å². The van der Waals surface area contributed by atoms with E-state index < -0.39 is 54.1 Å². The Kier molecular flexibility index (Phi) is 12.9. The molecule has 3 aromatic rings. The van der Waals surface area contributed by atoms with Crippen molar-refractivity contribution in [2.75, 3.05) is 11.4 Å². The van der Waals surface area contributed by atoms with Crippen LogP contribution in [0.4, 0.5) is 11.4 Å². The van der Waals surface area contributed by atoms with Crippen molar-refractivity contribution >= 4 is 49.1 Å². The fourth-order valence-corrected chi connectivity index (χ4v) is 9.19. The van der Waals surface area contributed by atoms with Crippen molar-refractivity contribution in [1.82, 2.24) is 5.06 Å². The maximum atomic E-state index is 12.4. The molecular weight excluding hydrogens is 827 g/mol.